The van der Waals surface area contributed by atoms with Crippen LogP contribution in [0.2, 0.25) is 5.02 Å². The van der Waals surface area contributed by atoms with Gasteiger partial charge < -0.3 is 18.9 Å². The van der Waals surface area contributed by atoms with Crippen molar-refractivity contribution in [3.05, 3.63) is 71.1 Å². The number of halogens is 1. The van der Waals surface area contributed by atoms with Crippen LogP contribution in [-0.2, 0) is 18.0 Å². The van der Waals surface area contributed by atoms with Crippen molar-refractivity contribution in [2.45, 2.75) is 32.2 Å². The highest BCUT2D eigenvalue weighted by atomic mass is 35.5. The van der Waals surface area contributed by atoms with E-state index in [4.69, 9.17) is 25.6 Å². The summed E-state index contributed by atoms with van der Waals surface area (Å²) in [5.74, 6) is 0.773. The first-order valence-corrected chi connectivity index (χ1v) is 10.0. The largest absolute Gasteiger partial charge is 0.484 e. The summed E-state index contributed by atoms with van der Waals surface area (Å²) in [7, 11) is 0. The smallest absolute Gasteiger partial charge is 0.276 e. The number of hydrogen-bond donors (Lipinski definition) is 0. The van der Waals surface area contributed by atoms with Crippen molar-refractivity contribution in [3.63, 3.8) is 0 Å². The molecule has 1 fully saturated rings. The summed E-state index contributed by atoms with van der Waals surface area (Å²) in [5, 5.41) is 4.38. The third-order valence-electron chi connectivity index (χ3n) is 4.70. The van der Waals surface area contributed by atoms with Gasteiger partial charge in [0.2, 0.25) is 0 Å². The van der Waals surface area contributed by atoms with Crippen LogP contribution in [-0.4, -0.2) is 45.1 Å². The number of hydrogen-bond acceptors (Lipinski definition) is 7. The van der Waals surface area contributed by atoms with E-state index in [9.17, 15) is 4.79 Å². The van der Waals surface area contributed by atoms with Crippen molar-refractivity contribution in [1.29, 1.82) is 0 Å². The monoisotopic (exact) mass is 428 g/mol. The Morgan fingerprint density at radius 2 is 2.20 bits per heavy atom. The second-order valence-corrected chi connectivity index (χ2v) is 7.39. The molecular formula is C21H21ClN4O4. The summed E-state index contributed by atoms with van der Waals surface area (Å²) < 4.78 is 16.8. The summed E-state index contributed by atoms with van der Waals surface area (Å²) in [4.78, 5) is 22.8. The summed E-state index contributed by atoms with van der Waals surface area (Å²) in [6.45, 7) is 1.73. The normalized spacial score (nSPS) is 16.4. The van der Waals surface area contributed by atoms with E-state index in [1.165, 1.54) is 6.20 Å². The second kappa shape index (κ2) is 9.69. The molecule has 1 saturated heterocycles. The highest BCUT2D eigenvalue weighted by molar-refractivity contribution is 6.30. The van der Waals surface area contributed by atoms with E-state index < -0.39 is 0 Å². The summed E-state index contributed by atoms with van der Waals surface area (Å²) in [5.41, 5.74) is 1.13. The Morgan fingerprint density at radius 1 is 1.27 bits per heavy atom. The molecule has 9 heteroatoms. The van der Waals surface area contributed by atoms with Crippen LogP contribution in [0, 0.1) is 0 Å². The predicted octanol–water partition coefficient (Wildman–Crippen LogP) is 3.52. The molecule has 1 atom stereocenters. The fourth-order valence-electron chi connectivity index (χ4n) is 3.21. The number of aromatic nitrogens is 3. The molecule has 30 heavy (non-hydrogen) atoms. The zero-order valence-electron chi connectivity index (χ0n) is 16.2. The number of likely N-dealkylation sites (tertiary alicyclic amines) is 1. The number of amides is 1. The van der Waals surface area contributed by atoms with Crippen molar-refractivity contribution in [2.24, 2.45) is 0 Å². The van der Waals surface area contributed by atoms with Gasteiger partial charge in [0.25, 0.3) is 5.91 Å². The number of carbonyl (C=O) groups excluding carboxylic acids is 1. The molecule has 8 nitrogen and oxygen atoms in total. The van der Waals surface area contributed by atoms with Crippen LogP contribution in [0.3, 0.4) is 0 Å². The maximum Gasteiger partial charge on any atom is 0.276 e. The standard InChI is InChI=1S/C21H21ClN4O4/c22-15-8-18(11-23-10-15)29-14-19-9-20(25-30-19)21(27)26-7-3-5-17(12-26)28-13-16-4-1-2-6-24-16/h1-2,4,6,8-11,17H,3,5,7,12-14H2. The van der Waals surface area contributed by atoms with E-state index in [0.717, 1.165) is 18.5 Å². The van der Waals surface area contributed by atoms with Gasteiger partial charge in [-0.2, -0.15) is 0 Å². The number of ether oxygens (including phenoxy) is 2. The molecule has 0 bridgehead atoms. The molecule has 0 aromatic carbocycles. The third kappa shape index (κ3) is 5.34. The first-order valence-electron chi connectivity index (χ1n) is 9.67. The number of pyridine rings is 2. The van der Waals surface area contributed by atoms with Gasteiger partial charge >= 0.3 is 0 Å². The first-order chi connectivity index (χ1) is 14.7. The van der Waals surface area contributed by atoms with E-state index in [0.29, 0.717) is 36.2 Å². The van der Waals surface area contributed by atoms with Crippen molar-refractivity contribution < 1.29 is 18.8 Å². The topological polar surface area (TPSA) is 90.6 Å². The third-order valence-corrected chi connectivity index (χ3v) is 4.90. The summed E-state index contributed by atoms with van der Waals surface area (Å²) in [6.07, 6.45) is 6.55. The molecule has 4 heterocycles. The Kier molecular flexibility index (Phi) is 6.56. The molecule has 3 aromatic heterocycles. The predicted molar refractivity (Wildman–Crippen MR) is 108 cm³/mol. The molecule has 1 amide bonds. The van der Waals surface area contributed by atoms with Crippen molar-refractivity contribution in [3.8, 4) is 5.75 Å². The van der Waals surface area contributed by atoms with Gasteiger partial charge in [-0.1, -0.05) is 22.8 Å². The molecule has 0 N–H and O–H groups in total. The van der Waals surface area contributed by atoms with Gasteiger partial charge in [-0.25, -0.2) is 0 Å². The number of nitrogens with zero attached hydrogens (tertiary/aromatic N) is 4. The van der Waals surface area contributed by atoms with Crippen LogP contribution in [0.5, 0.6) is 5.75 Å². The molecule has 156 valence electrons. The lowest BCUT2D eigenvalue weighted by molar-refractivity contribution is -0.00811. The van der Waals surface area contributed by atoms with Gasteiger partial charge in [0.15, 0.2) is 11.5 Å². The van der Waals surface area contributed by atoms with Gasteiger partial charge in [-0.15, -0.1) is 0 Å². The summed E-state index contributed by atoms with van der Waals surface area (Å²) >= 11 is 5.89. The molecule has 4 rings (SSSR count). The average Bonchev–Trinajstić information content (AvgIpc) is 3.26. The Labute approximate surface area is 178 Å². The molecule has 0 spiro atoms. The summed E-state index contributed by atoms with van der Waals surface area (Å²) in [6, 6.07) is 8.96. The average molecular weight is 429 g/mol. The van der Waals surface area contributed by atoms with Gasteiger partial charge in [-0.05, 0) is 25.0 Å². The maximum absolute atomic E-state index is 12.8. The van der Waals surface area contributed by atoms with E-state index in [1.807, 2.05) is 18.2 Å². The van der Waals surface area contributed by atoms with Crippen molar-refractivity contribution in [2.75, 3.05) is 13.1 Å². The second-order valence-electron chi connectivity index (χ2n) is 6.95. The molecule has 0 aliphatic carbocycles. The van der Waals surface area contributed by atoms with Crippen LogP contribution < -0.4 is 4.74 Å². The quantitative estimate of drug-likeness (QED) is 0.568. The Morgan fingerprint density at radius 3 is 3.03 bits per heavy atom. The Hall–Kier alpha value is -2.97. The zero-order chi connectivity index (χ0) is 20.8. The fourth-order valence-corrected chi connectivity index (χ4v) is 3.38. The number of rotatable bonds is 7. The maximum atomic E-state index is 12.8. The van der Waals surface area contributed by atoms with E-state index in [2.05, 4.69) is 15.1 Å². The lowest BCUT2D eigenvalue weighted by Crippen LogP contribution is -2.43. The van der Waals surface area contributed by atoms with Crippen LogP contribution in [0.25, 0.3) is 0 Å². The molecular weight excluding hydrogens is 408 g/mol. The Balaban J connectivity index is 1.30. The van der Waals surface area contributed by atoms with Crippen molar-refractivity contribution in [1.82, 2.24) is 20.0 Å². The lowest BCUT2D eigenvalue weighted by atomic mass is 10.1. The fraction of sp³-hybridized carbons (Fsp3) is 0.333. The molecule has 1 unspecified atom stereocenters. The van der Waals surface area contributed by atoms with Crippen LogP contribution in [0.15, 0.2) is 53.4 Å². The van der Waals surface area contributed by atoms with Crippen LogP contribution in [0.1, 0.15) is 34.8 Å². The molecule has 0 radical (unpaired) electrons. The molecule has 3 aromatic rings. The molecule has 0 saturated carbocycles. The first kappa shape index (κ1) is 20.3. The Bertz CT molecular complexity index is 982. The molecule has 1 aliphatic rings. The number of carbonyl (C=O) groups is 1. The minimum atomic E-state index is -0.180. The van der Waals surface area contributed by atoms with Gasteiger partial charge in [0, 0.05) is 37.6 Å². The highest BCUT2D eigenvalue weighted by Crippen LogP contribution is 2.19. The number of piperidine rings is 1. The van der Waals surface area contributed by atoms with E-state index in [1.54, 1.807) is 29.4 Å². The highest BCUT2D eigenvalue weighted by Gasteiger charge is 2.27. The van der Waals surface area contributed by atoms with E-state index >= 15 is 0 Å². The van der Waals surface area contributed by atoms with E-state index in [-0.39, 0.29) is 24.3 Å². The van der Waals surface area contributed by atoms with Gasteiger partial charge in [0.1, 0.15) is 12.4 Å². The van der Waals surface area contributed by atoms with Gasteiger partial charge in [-0.3, -0.25) is 14.8 Å². The molecule has 1 aliphatic heterocycles. The van der Waals surface area contributed by atoms with Crippen molar-refractivity contribution >= 4 is 17.5 Å². The van der Waals surface area contributed by atoms with Crippen LogP contribution in [0.4, 0.5) is 0 Å². The minimum absolute atomic E-state index is 0.0326. The van der Waals surface area contributed by atoms with Crippen LogP contribution >= 0.6 is 11.6 Å². The SMILES string of the molecule is O=C(c1cc(COc2cncc(Cl)c2)on1)N1CCCC(OCc2ccccn2)C1. The van der Waals surface area contributed by atoms with Gasteiger partial charge in [0.05, 0.1) is 29.6 Å². The minimum Gasteiger partial charge on any atom is -0.484 e. The zero-order valence-corrected chi connectivity index (χ0v) is 17.0. The lowest BCUT2D eigenvalue weighted by Gasteiger charge is -2.32.